The van der Waals surface area contributed by atoms with Crippen molar-refractivity contribution >= 4 is 16.9 Å². The number of benzene rings is 1. The maximum absolute atomic E-state index is 13.7. The Morgan fingerprint density at radius 3 is 2.48 bits per heavy atom. The molecule has 2 N–H and O–H groups in total. The van der Waals surface area contributed by atoms with Gasteiger partial charge in [0.25, 0.3) is 5.92 Å². The molecule has 4 nitrogen and oxygen atoms in total. The van der Waals surface area contributed by atoms with E-state index in [4.69, 9.17) is 5.73 Å². The number of nitrogens with two attached hydrogens (primary N) is 1. The summed E-state index contributed by atoms with van der Waals surface area (Å²) in [6, 6.07) is 2.27. The average molecular weight is 324 g/mol. The van der Waals surface area contributed by atoms with Gasteiger partial charge < -0.3 is 10.6 Å². The molecular weight excluding hydrogens is 305 g/mol. The van der Waals surface area contributed by atoms with Crippen molar-refractivity contribution in [2.24, 2.45) is 5.73 Å². The number of fused-ring (bicyclic) bond motifs is 1. The Labute approximate surface area is 132 Å². The maximum atomic E-state index is 13.7. The first kappa shape index (κ1) is 16.0. The Hall–Kier alpha value is -1.89. The molecule has 1 atom stereocenters. The number of anilines is 1. The first-order chi connectivity index (χ1) is 10.8. The van der Waals surface area contributed by atoms with Gasteiger partial charge in [0.05, 0.1) is 16.7 Å². The van der Waals surface area contributed by atoms with E-state index in [2.05, 4.69) is 9.97 Å². The highest BCUT2D eigenvalue weighted by Gasteiger charge is 2.35. The average Bonchev–Trinajstić information content (AvgIpc) is 2.46. The molecule has 0 aliphatic carbocycles. The van der Waals surface area contributed by atoms with Gasteiger partial charge in [-0.2, -0.15) is 0 Å². The van der Waals surface area contributed by atoms with Crippen LogP contribution >= 0.6 is 0 Å². The van der Waals surface area contributed by atoms with Crippen molar-refractivity contribution in [3.63, 3.8) is 0 Å². The highest BCUT2D eigenvalue weighted by atomic mass is 19.3. The summed E-state index contributed by atoms with van der Waals surface area (Å²) in [5.74, 6) is -2.46. The number of aromatic nitrogens is 2. The van der Waals surface area contributed by atoms with E-state index < -0.39 is 17.8 Å². The van der Waals surface area contributed by atoms with E-state index in [-0.39, 0.29) is 25.9 Å². The van der Waals surface area contributed by atoms with Gasteiger partial charge in [0.2, 0.25) is 0 Å². The van der Waals surface area contributed by atoms with Gasteiger partial charge in [0.15, 0.2) is 5.82 Å². The fraction of sp³-hybridized carbons (Fsp3) is 0.500. The van der Waals surface area contributed by atoms with Crippen molar-refractivity contribution in [2.75, 3.05) is 18.0 Å². The van der Waals surface area contributed by atoms with Crippen LogP contribution in [0.25, 0.3) is 11.0 Å². The molecule has 3 rings (SSSR count). The first-order valence-electron chi connectivity index (χ1n) is 7.63. The molecule has 2 heterocycles. The molecule has 0 unspecified atom stereocenters. The second kappa shape index (κ2) is 5.63. The largest absolute Gasteiger partial charge is 0.355 e. The van der Waals surface area contributed by atoms with Crippen molar-refractivity contribution < 1.29 is 13.2 Å². The zero-order chi connectivity index (χ0) is 16.8. The van der Waals surface area contributed by atoms with Gasteiger partial charge >= 0.3 is 0 Å². The third-order valence-corrected chi connectivity index (χ3v) is 4.20. The summed E-state index contributed by atoms with van der Waals surface area (Å²) in [7, 11) is 0. The third-order valence-electron chi connectivity index (χ3n) is 4.20. The number of halogens is 3. The summed E-state index contributed by atoms with van der Waals surface area (Å²) in [6.45, 7) is 3.95. The van der Waals surface area contributed by atoms with E-state index in [1.165, 1.54) is 12.1 Å². The van der Waals surface area contributed by atoms with Gasteiger partial charge in [-0.05, 0) is 25.5 Å². The van der Waals surface area contributed by atoms with Gasteiger partial charge in [-0.1, -0.05) is 0 Å². The number of hydrogen-bond acceptors (Lipinski definition) is 4. The quantitative estimate of drug-likeness (QED) is 0.920. The Morgan fingerprint density at radius 2 is 1.87 bits per heavy atom. The summed E-state index contributed by atoms with van der Waals surface area (Å²) in [5.41, 5.74) is 8.03. The van der Waals surface area contributed by atoms with E-state index in [0.717, 1.165) is 0 Å². The highest BCUT2D eigenvalue weighted by Crippen LogP contribution is 2.32. The molecule has 1 aromatic carbocycles. The minimum absolute atomic E-state index is 0.199. The summed E-state index contributed by atoms with van der Waals surface area (Å²) < 4.78 is 40.4. The molecule has 1 aliphatic heterocycles. The van der Waals surface area contributed by atoms with Crippen molar-refractivity contribution in [1.82, 2.24) is 9.97 Å². The minimum Gasteiger partial charge on any atom is -0.355 e. The van der Waals surface area contributed by atoms with Gasteiger partial charge in [-0.3, -0.25) is 0 Å². The number of aryl methyl sites for hydroxylation is 1. The summed E-state index contributed by atoms with van der Waals surface area (Å²) >= 11 is 0. The lowest BCUT2D eigenvalue weighted by Crippen LogP contribution is -2.40. The number of alkyl halides is 2. The first-order valence-corrected chi connectivity index (χ1v) is 7.63. The molecular formula is C16H19F3N4. The molecule has 23 heavy (non-hydrogen) atoms. The Balaban J connectivity index is 2.07. The molecule has 1 saturated heterocycles. The van der Waals surface area contributed by atoms with Crippen LogP contribution in [0.1, 0.15) is 37.1 Å². The van der Waals surface area contributed by atoms with Crippen LogP contribution in [0.2, 0.25) is 0 Å². The standard InChI is InChI=1S/C16H19F3N4/c1-9(20)12-7-11(17)8-13-14(12)22-15(10(2)21-13)23-5-3-16(18,19)4-6-23/h7-9H,3-6,20H2,1-2H3/t9-/m1/s1. The lowest BCUT2D eigenvalue weighted by molar-refractivity contribution is -0.0221. The zero-order valence-electron chi connectivity index (χ0n) is 13.1. The van der Waals surface area contributed by atoms with Crippen molar-refractivity contribution in [1.29, 1.82) is 0 Å². The van der Waals surface area contributed by atoms with Crippen molar-refractivity contribution in [3.05, 3.63) is 29.2 Å². The predicted octanol–water partition coefficient (Wildman–Crippen LogP) is 3.33. The second-order valence-corrected chi connectivity index (χ2v) is 6.13. The lowest BCUT2D eigenvalue weighted by Gasteiger charge is -2.33. The van der Waals surface area contributed by atoms with E-state index in [0.29, 0.717) is 28.1 Å². The van der Waals surface area contributed by atoms with Crippen molar-refractivity contribution in [3.8, 4) is 0 Å². The number of hydrogen-bond donors (Lipinski definition) is 1. The van der Waals surface area contributed by atoms with Crippen LogP contribution in [-0.2, 0) is 0 Å². The van der Waals surface area contributed by atoms with Crippen LogP contribution in [0, 0.1) is 12.7 Å². The fourth-order valence-corrected chi connectivity index (χ4v) is 2.92. The van der Waals surface area contributed by atoms with Crippen molar-refractivity contribution in [2.45, 2.75) is 38.7 Å². The summed E-state index contributed by atoms with van der Waals surface area (Å²) in [5, 5.41) is 0. The Bertz CT molecular complexity index is 736. The molecule has 124 valence electrons. The highest BCUT2D eigenvalue weighted by molar-refractivity contribution is 5.80. The lowest BCUT2D eigenvalue weighted by atomic mass is 10.1. The Morgan fingerprint density at radius 1 is 1.22 bits per heavy atom. The minimum atomic E-state index is -2.62. The molecule has 1 aliphatic rings. The molecule has 1 aromatic heterocycles. The van der Waals surface area contributed by atoms with Crippen LogP contribution in [-0.4, -0.2) is 29.0 Å². The van der Waals surface area contributed by atoms with Crippen LogP contribution in [0.4, 0.5) is 19.0 Å². The number of rotatable bonds is 2. The smallest absolute Gasteiger partial charge is 0.251 e. The van der Waals surface area contributed by atoms with Gasteiger partial charge in [0.1, 0.15) is 5.82 Å². The topological polar surface area (TPSA) is 55.0 Å². The predicted molar refractivity (Wildman–Crippen MR) is 83.2 cm³/mol. The van der Waals surface area contributed by atoms with Crippen LogP contribution in [0.3, 0.4) is 0 Å². The fourth-order valence-electron chi connectivity index (χ4n) is 2.92. The van der Waals surface area contributed by atoms with E-state index in [1.807, 2.05) is 4.90 Å². The third kappa shape index (κ3) is 3.10. The maximum Gasteiger partial charge on any atom is 0.251 e. The van der Waals surface area contributed by atoms with E-state index >= 15 is 0 Å². The molecule has 2 aromatic rings. The second-order valence-electron chi connectivity index (χ2n) is 6.13. The molecule has 0 bridgehead atoms. The summed E-state index contributed by atoms with van der Waals surface area (Å²) in [4.78, 5) is 10.8. The van der Waals surface area contributed by atoms with E-state index in [9.17, 15) is 13.2 Å². The van der Waals surface area contributed by atoms with Crippen LogP contribution < -0.4 is 10.6 Å². The van der Waals surface area contributed by atoms with Gasteiger partial charge in [-0.15, -0.1) is 0 Å². The van der Waals surface area contributed by atoms with E-state index in [1.54, 1.807) is 13.8 Å². The molecule has 0 saturated carbocycles. The van der Waals surface area contributed by atoms with Crippen LogP contribution in [0.5, 0.6) is 0 Å². The normalized spacial score (nSPS) is 19.1. The molecule has 0 amide bonds. The van der Waals surface area contributed by atoms with Gasteiger partial charge in [0, 0.05) is 38.0 Å². The monoisotopic (exact) mass is 324 g/mol. The van der Waals surface area contributed by atoms with Gasteiger partial charge in [-0.25, -0.2) is 23.1 Å². The molecule has 1 fully saturated rings. The summed E-state index contributed by atoms with van der Waals surface area (Å²) in [6.07, 6.45) is -0.397. The molecule has 7 heteroatoms. The molecule has 0 spiro atoms. The van der Waals surface area contributed by atoms with Crippen LogP contribution in [0.15, 0.2) is 12.1 Å². The Kier molecular flexibility index (Phi) is 3.91. The number of piperidine rings is 1. The molecule has 0 radical (unpaired) electrons. The number of nitrogens with zero attached hydrogens (tertiary/aromatic N) is 3. The SMILES string of the molecule is Cc1nc2cc(F)cc([C@@H](C)N)c2nc1N1CCC(F)(F)CC1. The zero-order valence-corrected chi connectivity index (χ0v) is 13.1.